The van der Waals surface area contributed by atoms with Gasteiger partial charge in [0.25, 0.3) is 5.91 Å². The second-order valence-electron chi connectivity index (χ2n) is 4.68. The van der Waals surface area contributed by atoms with Crippen molar-refractivity contribution in [2.45, 2.75) is 6.92 Å². The molecule has 3 rings (SSSR count). The van der Waals surface area contributed by atoms with Gasteiger partial charge < -0.3 is 5.32 Å². The van der Waals surface area contributed by atoms with Crippen molar-refractivity contribution < 1.29 is 4.79 Å². The molecule has 0 saturated carbocycles. The molecule has 0 atom stereocenters. The molecule has 2 aromatic carbocycles. The molecule has 0 aliphatic carbocycles. The molecule has 20 heavy (non-hydrogen) atoms. The highest BCUT2D eigenvalue weighted by atomic mass is 79.9. The fourth-order valence-electron chi connectivity index (χ4n) is 2.26. The van der Waals surface area contributed by atoms with Crippen molar-refractivity contribution >= 4 is 55.1 Å². The molecule has 0 saturated heterocycles. The van der Waals surface area contributed by atoms with Crippen LogP contribution < -0.4 is 5.32 Å². The zero-order chi connectivity index (χ0) is 14.3. The molecule has 0 unspecified atom stereocenters. The summed E-state index contributed by atoms with van der Waals surface area (Å²) >= 11 is 6.95. The second kappa shape index (κ2) is 5.19. The van der Waals surface area contributed by atoms with Crippen LogP contribution in [0.5, 0.6) is 0 Å². The average Bonchev–Trinajstić information content (AvgIpc) is 2.70. The molecule has 0 radical (unpaired) electrons. The standard InChI is InChI=1S/C16H11Br2NO/c1-9-4-2-3-5-10(9)6-13-12-7-11(17)8-14(18)15(12)19-16(13)20/h2-8H,1H3,(H,19,20). The molecule has 0 spiro atoms. The van der Waals surface area contributed by atoms with Gasteiger partial charge in [0.05, 0.1) is 5.69 Å². The van der Waals surface area contributed by atoms with Crippen LogP contribution in [-0.2, 0) is 4.79 Å². The summed E-state index contributed by atoms with van der Waals surface area (Å²) in [6.07, 6.45) is 1.94. The zero-order valence-electron chi connectivity index (χ0n) is 10.7. The lowest BCUT2D eigenvalue weighted by Crippen LogP contribution is -2.03. The predicted molar refractivity (Wildman–Crippen MR) is 89.5 cm³/mol. The Kier molecular flexibility index (Phi) is 3.52. The van der Waals surface area contributed by atoms with Gasteiger partial charge in [0.2, 0.25) is 0 Å². The van der Waals surface area contributed by atoms with Crippen molar-refractivity contribution in [1.82, 2.24) is 0 Å². The van der Waals surface area contributed by atoms with Crippen molar-refractivity contribution in [3.63, 3.8) is 0 Å². The molecule has 2 aromatic rings. The molecule has 1 N–H and O–H groups in total. The highest BCUT2D eigenvalue weighted by Gasteiger charge is 2.26. The van der Waals surface area contributed by atoms with Crippen LogP contribution in [0.2, 0.25) is 0 Å². The molecule has 0 bridgehead atoms. The first-order valence-corrected chi connectivity index (χ1v) is 7.73. The van der Waals surface area contributed by atoms with Crippen LogP contribution in [0.25, 0.3) is 11.6 Å². The van der Waals surface area contributed by atoms with E-state index in [9.17, 15) is 4.79 Å². The van der Waals surface area contributed by atoms with Gasteiger partial charge in [0, 0.05) is 20.1 Å². The predicted octanol–water partition coefficient (Wildman–Crippen LogP) is 5.01. The largest absolute Gasteiger partial charge is 0.320 e. The van der Waals surface area contributed by atoms with E-state index in [0.717, 1.165) is 31.3 Å². The van der Waals surface area contributed by atoms with Gasteiger partial charge in [-0.25, -0.2) is 0 Å². The van der Waals surface area contributed by atoms with Crippen LogP contribution in [-0.4, -0.2) is 5.91 Å². The summed E-state index contributed by atoms with van der Waals surface area (Å²) < 4.78 is 1.82. The maximum atomic E-state index is 12.2. The summed E-state index contributed by atoms with van der Waals surface area (Å²) in [6.45, 7) is 2.04. The van der Waals surface area contributed by atoms with Crippen LogP contribution in [0, 0.1) is 6.92 Å². The topological polar surface area (TPSA) is 29.1 Å². The quantitative estimate of drug-likeness (QED) is 0.678. The smallest absolute Gasteiger partial charge is 0.256 e. The first kappa shape index (κ1) is 13.6. The van der Waals surface area contributed by atoms with Gasteiger partial charge in [-0.1, -0.05) is 40.2 Å². The van der Waals surface area contributed by atoms with Gasteiger partial charge in [-0.15, -0.1) is 0 Å². The highest BCUT2D eigenvalue weighted by molar-refractivity contribution is 9.11. The van der Waals surface area contributed by atoms with Gasteiger partial charge >= 0.3 is 0 Å². The number of halogens is 2. The summed E-state index contributed by atoms with van der Waals surface area (Å²) in [5.74, 6) is -0.0675. The van der Waals surface area contributed by atoms with Crippen molar-refractivity contribution in [2.24, 2.45) is 0 Å². The van der Waals surface area contributed by atoms with Gasteiger partial charge in [0.15, 0.2) is 0 Å². The fourth-order valence-corrected chi connectivity index (χ4v) is 3.59. The first-order valence-electron chi connectivity index (χ1n) is 6.14. The Labute approximate surface area is 134 Å². The zero-order valence-corrected chi connectivity index (χ0v) is 13.9. The number of benzene rings is 2. The number of nitrogens with one attached hydrogen (secondary N) is 1. The van der Waals surface area contributed by atoms with E-state index in [2.05, 4.69) is 37.2 Å². The Balaban J connectivity index is 2.18. The Morgan fingerprint density at radius 1 is 1.15 bits per heavy atom. The lowest BCUT2D eigenvalue weighted by Gasteiger charge is -2.04. The van der Waals surface area contributed by atoms with E-state index in [1.165, 1.54) is 0 Å². The second-order valence-corrected chi connectivity index (χ2v) is 6.45. The third-order valence-electron chi connectivity index (χ3n) is 3.32. The maximum absolute atomic E-state index is 12.2. The SMILES string of the molecule is Cc1ccccc1C=C1C(=O)Nc2c(Br)cc(Br)cc21. The third kappa shape index (κ3) is 2.34. The Morgan fingerprint density at radius 2 is 1.90 bits per heavy atom. The normalized spacial score (nSPS) is 15.3. The van der Waals surface area contributed by atoms with E-state index in [1.807, 2.05) is 49.4 Å². The molecule has 1 amide bonds. The van der Waals surface area contributed by atoms with Crippen molar-refractivity contribution in [3.05, 3.63) is 62.0 Å². The van der Waals surface area contributed by atoms with Gasteiger partial charge in [0.1, 0.15) is 0 Å². The third-order valence-corrected chi connectivity index (χ3v) is 4.40. The van der Waals surface area contributed by atoms with Crippen LogP contribution in [0.3, 0.4) is 0 Å². The van der Waals surface area contributed by atoms with E-state index >= 15 is 0 Å². The van der Waals surface area contributed by atoms with Crippen LogP contribution >= 0.6 is 31.9 Å². The molecule has 2 nitrogen and oxygen atoms in total. The average molecular weight is 393 g/mol. The van der Waals surface area contributed by atoms with Crippen LogP contribution in [0.4, 0.5) is 5.69 Å². The summed E-state index contributed by atoms with van der Waals surface area (Å²) in [4.78, 5) is 12.2. The number of amides is 1. The number of hydrogen-bond acceptors (Lipinski definition) is 1. The molecule has 1 aliphatic heterocycles. The number of hydrogen-bond donors (Lipinski definition) is 1. The summed E-state index contributed by atoms with van der Waals surface area (Å²) in [5.41, 5.74) is 4.64. The first-order chi connectivity index (χ1) is 9.56. The molecule has 0 fully saturated rings. The van der Waals surface area contributed by atoms with Crippen molar-refractivity contribution in [1.29, 1.82) is 0 Å². The van der Waals surface area contributed by atoms with Crippen LogP contribution in [0.15, 0.2) is 45.3 Å². The Morgan fingerprint density at radius 3 is 2.65 bits per heavy atom. The maximum Gasteiger partial charge on any atom is 0.256 e. The molecule has 100 valence electrons. The lowest BCUT2D eigenvalue weighted by atomic mass is 10.0. The summed E-state index contributed by atoms with van der Waals surface area (Å²) in [7, 11) is 0. The molecule has 1 heterocycles. The number of carbonyl (C=O) groups is 1. The summed E-state index contributed by atoms with van der Waals surface area (Å²) in [5, 5.41) is 2.91. The fraction of sp³-hybridized carbons (Fsp3) is 0.0625. The van der Waals surface area contributed by atoms with E-state index < -0.39 is 0 Å². The molecular weight excluding hydrogens is 382 g/mol. The molecule has 0 aromatic heterocycles. The number of rotatable bonds is 1. The molecular formula is C16H11Br2NO. The molecule has 1 aliphatic rings. The number of aryl methyl sites for hydroxylation is 1. The lowest BCUT2D eigenvalue weighted by molar-refractivity contribution is -0.110. The minimum absolute atomic E-state index is 0.0675. The monoisotopic (exact) mass is 391 g/mol. The van der Waals surface area contributed by atoms with E-state index in [4.69, 9.17) is 0 Å². The van der Waals surface area contributed by atoms with E-state index in [0.29, 0.717) is 5.57 Å². The van der Waals surface area contributed by atoms with Crippen molar-refractivity contribution in [3.8, 4) is 0 Å². The van der Waals surface area contributed by atoms with Gasteiger partial charge in [-0.2, -0.15) is 0 Å². The minimum Gasteiger partial charge on any atom is -0.320 e. The molecule has 4 heteroatoms. The van der Waals surface area contributed by atoms with E-state index in [-0.39, 0.29) is 5.91 Å². The van der Waals surface area contributed by atoms with Crippen LogP contribution in [0.1, 0.15) is 16.7 Å². The van der Waals surface area contributed by atoms with Gasteiger partial charge in [-0.3, -0.25) is 4.79 Å². The number of fused-ring (bicyclic) bond motifs is 1. The van der Waals surface area contributed by atoms with E-state index in [1.54, 1.807) is 0 Å². The number of anilines is 1. The Hall–Kier alpha value is -1.39. The Bertz CT molecular complexity index is 750. The summed E-state index contributed by atoms with van der Waals surface area (Å²) in [6, 6.07) is 11.9. The van der Waals surface area contributed by atoms with Crippen molar-refractivity contribution in [2.75, 3.05) is 5.32 Å². The minimum atomic E-state index is -0.0675. The van der Waals surface area contributed by atoms with Gasteiger partial charge in [-0.05, 0) is 52.2 Å². The number of carbonyl (C=O) groups excluding carboxylic acids is 1. The highest BCUT2D eigenvalue weighted by Crippen LogP contribution is 2.40.